The molecule has 1 heterocycles. The predicted molar refractivity (Wildman–Crippen MR) is 79.1 cm³/mol. The van der Waals surface area contributed by atoms with E-state index in [1.165, 1.54) is 11.6 Å². The van der Waals surface area contributed by atoms with E-state index in [4.69, 9.17) is 16.3 Å². The maximum absolute atomic E-state index is 13.2. The molecule has 104 valence electrons. The van der Waals surface area contributed by atoms with Crippen molar-refractivity contribution in [3.8, 4) is 5.75 Å². The van der Waals surface area contributed by atoms with Gasteiger partial charge in [0.05, 0.1) is 17.3 Å². The molecule has 1 atom stereocenters. The number of hydrogen-bond acceptors (Lipinski definition) is 2. The Morgan fingerprint density at radius 2 is 2.15 bits per heavy atom. The number of hydrogen-bond donors (Lipinski definition) is 1. The summed E-state index contributed by atoms with van der Waals surface area (Å²) in [5, 5.41) is 3.48. The van der Waals surface area contributed by atoms with Gasteiger partial charge in [-0.05, 0) is 41.8 Å². The summed E-state index contributed by atoms with van der Waals surface area (Å²) in [7, 11) is 0. The molecule has 0 aromatic heterocycles. The van der Waals surface area contributed by atoms with Crippen molar-refractivity contribution in [2.45, 2.75) is 19.4 Å². The van der Waals surface area contributed by atoms with Crippen LogP contribution in [0.1, 0.15) is 24.2 Å². The highest BCUT2D eigenvalue weighted by Gasteiger charge is 2.21. The Kier molecular flexibility index (Phi) is 3.53. The van der Waals surface area contributed by atoms with Crippen LogP contribution in [0, 0.1) is 5.82 Å². The maximum atomic E-state index is 13.2. The minimum Gasteiger partial charge on any atom is -0.482 e. The van der Waals surface area contributed by atoms with Crippen LogP contribution < -0.4 is 10.1 Å². The lowest BCUT2D eigenvalue weighted by Gasteiger charge is -2.28. The maximum Gasteiger partial charge on any atom is 0.143 e. The van der Waals surface area contributed by atoms with E-state index < -0.39 is 5.82 Å². The summed E-state index contributed by atoms with van der Waals surface area (Å²) in [5.41, 5.74) is 3.14. The van der Waals surface area contributed by atoms with Crippen LogP contribution in [0.25, 0.3) is 0 Å². The van der Waals surface area contributed by atoms with E-state index in [2.05, 4.69) is 24.4 Å². The Balaban J connectivity index is 1.86. The first-order chi connectivity index (χ1) is 9.67. The average Bonchev–Trinajstić information content (AvgIpc) is 2.49. The molecule has 2 aromatic rings. The highest BCUT2D eigenvalue weighted by atomic mass is 35.5. The number of halogens is 2. The molecule has 0 fully saturated rings. The van der Waals surface area contributed by atoms with Crippen LogP contribution >= 0.6 is 11.6 Å². The van der Waals surface area contributed by atoms with E-state index in [9.17, 15) is 4.39 Å². The van der Waals surface area contributed by atoms with Crippen molar-refractivity contribution in [1.29, 1.82) is 0 Å². The molecule has 1 aliphatic heterocycles. The van der Waals surface area contributed by atoms with Gasteiger partial charge in [0.15, 0.2) is 0 Å². The van der Waals surface area contributed by atoms with Crippen molar-refractivity contribution in [1.82, 2.24) is 0 Å². The molecule has 1 N–H and O–H groups in total. The van der Waals surface area contributed by atoms with Crippen molar-refractivity contribution in [2.24, 2.45) is 0 Å². The zero-order valence-corrected chi connectivity index (χ0v) is 11.9. The van der Waals surface area contributed by atoms with Crippen molar-refractivity contribution >= 4 is 17.3 Å². The standard InChI is InChI=1S/C16H15ClFNO/c1-2-10-3-6-15-14(7-10)19-9-16(20-15)11-4-5-13(18)12(17)8-11/h3-8,16,19H,2,9H2,1H3. The molecule has 0 saturated carbocycles. The molecule has 0 amide bonds. The smallest absolute Gasteiger partial charge is 0.143 e. The molecule has 0 bridgehead atoms. The van der Waals surface area contributed by atoms with E-state index in [0.717, 1.165) is 23.4 Å². The van der Waals surface area contributed by atoms with Gasteiger partial charge in [0, 0.05) is 0 Å². The molecule has 0 radical (unpaired) electrons. The topological polar surface area (TPSA) is 21.3 Å². The molecular formula is C16H15ClFNO. The monoisotopic (exact) mass is 291 g/mol. The molecule has 4 heteroatoms. The van der Waals surface area contributed by atoms with Crippen LogP contribution in [-0.4, -0.2) is 6.54 Å². The first-order valence-corrected chi connectivity index (χ1v) is 7.03. The molecule has 2 nitrogen and oxygen atoms in total. The number of anilines is 1. The minimum absolute atomic E-state index is 0.123. The highest BCUT2D eigenvalue weighted by Crippen LogP contribution is 2.35. The van der Waals surface area contributed by atoms with E-state index in [1.54, 1.807) is 12.1 Å². The summed E-state index contributed by atoms with van der Waals surface area (Å²) in [5.74, 6) is 0.408. The van der Waals surface area contributed by atoms with Crippen molar-refractivity contribution in [2.75, 3.05) is 11.9 Å². The number of aryl methyl sites for hydroxylation is 1. The van der Waals surface area contributed by atoms with E-state index >= 15 is 0 Å². The van der Waals surface area contributed by atoms with E-state index in [0.29, 0.717) is 6.54 Å². The molecule has 1 unspecified atom stereocenters. The van der Waals surface area contributed by atoms with Crippen molar-refractivity contribution < 1.29 is 9.13 Å². The molecule has 1 aliphatic rings. The fourth-order valence-corrected chi connectivity index (χ4v) is 2.52. The zero-order valence-electron chi connectivity index (χ0n) is 11.1. The van der Waals surface area contributed by atoms with Gasteiger partial charge >= 0.3 is 0 Å². The van der Waals surface area contributed by atoms with Crippen LogP contribution in [0.5, 0.6) is 5.75 Å². The number of rotatable bonds is 2. The zero-order chi connectivity index (χ0) is 14.1. The molecule has 2 aromatic carbocycles. The van der Waals surface area contributed by atoms with Gasteiger partial charge < -0.3 is 10.1 Å². The van der Waals surface area contributed by atoms with Gasteiger partial charge in [-0.1, -0.05) is 30.7 Å². The number of fused-ring (bicyclic) bond motifs is 1. The lowest BCUT2D eigenvalue weighted by molar-refractivity contribution is 0.210. The van der Waals surface area contributed by atoms with Gasteiger partial charge in [-0.2, -0.15) is 0 Å². The quantitative estimate of drug-likeness (QED) is 0.874. The molecule has 0 saturated heterocycles. The first-order valence-electron chi connectivity index (χ1n) is 6.65. The Hall–Kier alpha value is -1.74. The second kappa shape index (κ2) is 5.33. The third-order valence-electron chi connectivity index (χ3n) is 3.51. The van der Waals surface area contributed by atoms with Gasteiger partial charge in [-0.3, -0.25) is 0 Å². The van der Waals surface area contributed by atoms with Crippen LogP contribution in [0.15, 0.2) is 36.4 Å². The molecule has 3 rings (SSSR count). The summed E-state index contributed by atoms with van der Waals surface area (Å²) in [6, 6.07) is 10.8. The van der Waals surface area contributed by atoms with Gasteiger partial charge in [0.2, 0.25) is 0 Å². The fraction of sp³-hybridized carbons (Fsp3) is 0.250. The Morgan fingerprint density at radius 3 is 2.90 bits per heavy atom. The third kappa shape index (κ3) is 2.46. The SMILES string of the molecule is CCc1ccc2c(c1)NCC(c1ccc(F)c(Cl)c1)O2. The summed E-state index contributed by atoms with van der Waals surface area (Å²) in [6.07, 6.45) is 0.833. The van der Waals surface area contributed by atoms with Crippen LogP contribution in [0.3, 0.4) is 0 Å². The third-order valence-corrected chi connectivity index (χ3v) is 3.80. The Morgan fingerprint density at radius 1 is 1.30 bits per heavy atom. The van der Waals surface area contributed by atoms with Crippen LogP contribution in [0.4, 0.5) is 10.1 Å². The second-order valence-electron chi connectivity index (χ2n) is 4.85. The minimum atomic E-state index is -0.410. The van der Waals surface area contributed by atoms with Crippen LogP contribution in [-0.2, 0) is 6.42 Å². The molecular weight excluding hydrogens is 277 g/mol. The fourth-order valence-electron chi connectivity index (χ4n) is 2.33. The summed E-state index contributed by atoms with van der Waals surface area (Å²) in [4.78, 5) is 0. The largest absolute Gasteiger partial charge is 0.482 e. The van der Waals surface area contributed by atoms with E-state index in [-0.39, 0.29) is 11.1 Å². The number of ether oxygens (including phenoxy) is 1. The average molecular weight is 292 g/mol. The number of nitrogens with one attached hydrogen (secondary N) is 1. The first kappa shape index (κ1) is 13.3. The van der Waals surface area contributed by atoms with E-state index in [1.807, 2.05) is 6.07 Å². The van der Waals surface area contributed by atoms with Gasteiger partial charge in [-0.25, -0.2) is 4.39 Å². The Bertz CT molecular complexity index is 644. The number of benzene rings is 2. The van der Waals surface area contributed by atoms with Gasteiger partial charge in [0.25, 0.3) is 0 Å². The van der Waals surface area contributed by atoms with Crippen LogP contribution in [0.2, 0.25) is 5.02 Å². The predicted octanol–water partition coefficient (Wildman–Crippen LogP) is 4.59. The van der Waals surface area contributed by atoms with Crippen molar-refractivity contribution in [3.63, 3.8) is 0 Å². The lowest BCUT2D eigenvalue weighted by Crippen LogP contribution is -2.23. The normalized spacial score (nSPS) is 17.1. The summed E-state index contributed by atoms with van der Waals surface area (Å²) >= 11 is 5.82. The lowest BCUT2D eigenvalue weighted by atomic mass is 10.1. The van der Waals surface area contributed by atoms with Crippen molar-refractivity contribution in [3.05, 3.63) is 58.4 Å². The highest BCUT2D eigenvalue weighted by molar-refractivity contribution is 6.30. The second-order valence-corrected chi connectivity index (χ2v) is 5.25. The molecule has 0 aliphatic carbocycles. The summed E-state index contributed by atoms with van der Waals surface area (Å²) < 4.78 is 19.2. The van der Waals surface area contributed by atoms with Gasteiger partial charge in [-0.15, -0.1) is 0 Å². The molecule has 20 heavy (non-hydrogen) atoms. The summed E-state index contributed by atoms with van der Waals surface area (Å²) in [6.45, 7) is 2.76. The Labute approximate surface area is 122 Å². The van der Waals surface area contributed by atoms with Gasteiger partial charge in [0.1, 0.15) is 17.7 Å². The molecule has 0 spiro atoms.